The first-order chi connectivity index (χ1) is 10.5. The van der Waals surface area contributed by atoms with Crippen molar-refractivity contribution in [3.05, 3.63) is 58.9 Å². The zero-order valence-corrected chi connectivity index (χ0v) is 12.8. The predicted octanol–water partition coefficient (Wildman–Crippen LogP) is 3.99. The van der Waals surface area contributed by atoms with Gasteiger partial charge in [-0.05, 0) is 55.0 Å². The van der Waals surface area contributed by atoms with Crippen LogP contribution in [0.4, 0.5) is 14.9 Å². The first-order valence-corrected chi connectivity index (χ1v) is 7.12. The Bertz CT molecular complexity index is 647. The second-order valence-electron chi connectivity index (χ2n) is 4.65. The highest BCUT2D eigenvalue weighted by molar-refractivity contribution is 6.30. The lowest BCUT2D eigenvalue weighted by atomic mass is 10.2. The predicted molar refractivity (Wildman–Crippen MR) is 85.1 cm³/mol. The highest BCUT2D eigenvalue weighted by Crippen LogP contribution is 2.21. The normalized spacial score (nSPS) is 10.1. The first-order valence-electron chi connectivity index (χ1n) is 6.74. The molecule has 0 aromatic heterocycles. The Morgan fingerprint density at radius 3 is 2.64 bits per heavy atom. The van der Waals surface area contributed by atoms with Crippen molar-refractivity contribution in [3.63, 3.8) is 0 Å². The van der Waals surface area contributed by atoms with Gasteiger partial charge in [0.25, 0.3) is 0 Å². The fourth-order valence-electron chi connectivity index (χ4n) is 1.81. The summed E-state index contributed by atoms with van der Waals surface area (Å²) in [6.07, 6.45) is 0. The minimum absolute atomic E-state index is 0.333. The Labute approximate surface area is 133 Å². The molecule has 2 rings (SSSR count). The number of ether oxygens (including phenoxy) is 1. The van der Waals surface area contributed by atoms with Crippen molar-refractivity contribution in [2.24, 2.45) is 0 Å². The SMILES string of the molecule is Cc1cc(Cl)ccc1OCCNC(=O)Nc1ccc(F)cc1. The Morgan fingerprint density at radius 1 is 1.23 bits per heavy atom. The maximum Gasteiger partial charge on any atom is 0.319 e. The van der Waals surface area contributed by atoms with Crippen molar-refractivity contribution in [1.29, 1.82) is 0 Å². The highest BCUT2D eigenvalue weighted by atomic mass is 35.5. The van der Waals surface area contributed by atoms with Crippen LogP contribution in [0.2, 0.25) is 5.02 Å². The van der Waals surface area contributed by atoms with E-state index in [1.165, 1.54) is 24.3 Å². The third kappa shape index (κ3) is 4.93. The topological polar surface area (TPSA) is 50.4 Å². The fraction of sp³-hybridized carbons (Fsp3) is 0.188. The van der Waals surface area contributed by atoms with E-state index in [4.69, 9.17) is 16.3 Å². The average molecular weight is 323 g/mol. The van der Waals surface area contributed by atoms with E-state index in [-0.39, 0.29) is 11.8 Å². The number of hydrogen-bond acceptors (Lipinski definition) is 2. The quantitative estimate of drug-likeness (QED) is 0.818. The molecule has 2 amide bonds. The summed E-state index contributed by atoms with van der Waals surface area (Å²) in [5, 5.41) is 5.90. The summed E-state index contributed by atoms with van der Waals surface area (Å²) in [4.78, 5) is 11.6. The molecule has 0 unspecified atom stereocenters. The lowest BCUT2D eigenvalue weighted by molar-refractivity contribution is 0.247. The summed E-state index contributed by atoms with van der Waals surface area (Å²) in [6, 6.07) is 10.5. The third-order valence-corrected chi connectivity index (χ3v) is 3.12. The average Bonchev–Trinajstić information content (AvgIpc) is 2.48. The minimum atomic E-state index is -0.372. The summed E-state index contributed by atoms with van der Waals surface area (Å²) < 4.78 is 18.3. The van der Waals surface area contributed by atoms with Crippen LogP contribution in [0.5, 0.6) is 5.75 Å². The van der Waals surface area contributed by atoms with Crippen LogP contribution in [0.15, 0.2) is 42.5 Å². The molecule has 0 spiro atoms. The summed E-state index contributed by atoms with van der Waals surface area (Å²) in [7, 11) is 0. The van der Waals surface area contributed by atoms with Gasteiger partial charge in [0.15, 0.2) is 0 Å². The molecule has 116 valence electrons. The summed E-state index contributed by atoms with van der Waals surface area (Å²) in [6.45, 7) is 2.57. The zero-order chi connectivity index (χ0) is 15.9. The van der Waals surface area contributed by atoms with Gasteiger partial charge in [-0.1, -0.05) is 11.6 Å². The lowest BCUT2D eigenvalue weighted by Gasteiger charge is -2.11. The number of urea groups is 1. The van der Waals surface area contributed by atoms with Crippen LogP contribution in [-0.4, -0.2) is 19.2 Å². The summed E-state index contributed by atoms with van der Waals surface area (Å²) in [5.74, 6) is 0.378. The van der Waals surface area contributed by atoms with Crippen LogP contribution in [0.1, 0.15) is 5.56 Å². The number of carbonyl (C=O) groups excluding carboxylic acids is 1. The summed E-state index contributed by atoms with van der Waals surface area (Å²) in [5.41, 5.74) is 1.46. The first kappa shape index (κ1) is 16.1. The Morgan fingerprint density at radius 2 is 1.95 bits per heavy atom. The third-order valence-electron chi connectivity index (χ3n) is 2.88. The van der Waals surface area contributed by atoms with Gasteiger partial charge in [0, 0.05) is 10.7 Å². The van der Waals surface area contributed by atoms with Crippen LogP contribution in [-0.2, 0) is 0 Å². The van der Waals surface area contributed by atoms with Crippen LogP contribution in [0.25, 0.3) is 0 Å². The van der Waals surface area contributed by atoms with Gasteiger partial charge in [-0.15, -0.1) is 0 Å². The van der Waals surface area contributed by atoms with E-state index in [0.717, 1.165) is 11.3 Å². The molecule has 2 N–H and O–H groups in total. The molecule has 4 nitrogen and oxygen atoms in total. The van der Waals surface area contributed by atoms with E-state index in [9.17, 15) is 9.18 Å². The van der Waals surface area contributed by atoms with Crippen LogP contribution < -0.4 is 15.4 Å². The van der Waals surface area contributed by atoms with Crippen molar-refractivity contribution in [1.82, 2.24) is 5.32 Å². The van der Waals surface area contributed by atoms with Crippen molar-refractivity contribution in [3.8, 4) is 5.75 Å². The molecule has 2 aromatic carbocycles. The zero-order valence-electron chi connectivity index (χ0n) is 12.0. The van der Waals surface area contributed by atoms with Gasteiger partial charge in [0.2, 0.25) is 0 Å². The molecule has 6 heteroatoms. The number of benzene rings is 2. The molecule has 0 bridgehead atoms. The summed E-state index contributed by atoms with van der Waals surface area (Å²) >= 11 is 5.86. The van der Waals surface area contributed by atoms with E-state index >= 15 is 0 Å². The van der Waals surface area contributed by atoms with Crippen molar-refractivity contribution >= 4 is 23.3 Å². The Hall–Kier alpha value is -2.27. The van der Waals surface area contributed by atoms with Gasteiger partial charge in [-0.2, -0.15) is 0 Å². The van der Waals surface area contributed by atoms with Crippen molar-refractivity contribution in [2.45, 2.75) is 6.92 Å². The molecule has 0 saturated carbocycles. The van der Waals surface area contributed by atoms with E-state index in [1.54, 1.807) is 12.1 Å². The lowest BCUT2D eigenvalue weighted by Crippen LogP contribution is -2.32. The maximum absolute atomic E-state index is 12.7. The Balaban J connectivity index is 1.72. The van der Waals surface area contributed by atoms with Crippen LogP contribution in [0.3, 0.4) is 0 Å². The molecule has 2 aromatic rings. The van der Waals surface area contributed by atoms with E-state index in [2.05, 4.69) is 10.6 Å². The molecule has 22 heavy (non-hydrogen) atoms. The van der Waals surface area contributed by atoms with Crippen LogP contribution in [0, 0.1) is 12.7 Å². The largest absolute Gasteiger partial charge is 0.491 e. The number of aryl methyl sites for hydroxylation is 1. The number of halogens is 2. The second kappa shape index (κ2) is 7.66. The van der Waals surface area contributed by atoms with Gasteiger partial charge in [-0.25, -0.2) is 9.18 Å². The molecular weight excluding hydrogens is 307 g/mol. The molecule has 0 atom stereocenters. The number of hydrogen-bond donors (Lipinski definition) is 2. The van der Waals surface area contributed by atoms with Gasteiger partial charge < -0.3 is 15.4 Å². The minimum Gasteiger partial charge on any atom is -0.491 e. The van der Waals surface area contributed by atoms with E-state index in [0.29, 0.717) is 23.9 Å². The number of nitrogens with one attached hydrogen (secondary N) is 2. The van der Waals surface area contributed by atoms with Crippen molar-refractivity contribution < 1.29 is 13.9 Å². The molecule has 0 heterocycles. The van der Waals surface area contributed by atoms with Gasteiger partial charge in [0.05, 0.1) is 6.54 Å². The number of carbonyl (C=O) groups is 1. The molecule has 0 aliphatic heterocycles. The van der Waals surface area contributed by atoms with Gasteiger partial charge in [-0.3, -0.25) is 0 Å². The molecule has 0 aliphatic carbocycles. The van der Waals surface area contributed by atoms with Crippen molar-refractivity contribution in [2.75, 3.05) is 18.5 Å². The molecule has 0 radical (unpaired) electrons. The second-order valence-corrected chi connectivity index (χ2v) is 5.08. The van der Waals surface area contributed by atoms with Gasteiger partial charge >= 0.3 is 6.03 Å². The fourth-order valence-corrected chi connectivity index (χ4v) is 2.04. The standard InChI is InChI=1S/C16H16ClFN2O2/c1-11-10-12(17)2-7-15(11)22-9-8-19-16(21)20-14-5-3-13(18)4-6-14/h2-7,10H,8-9H2,1H3,(H2,19,20,21). The van der Waals surface area contributed by atoms with E-state index in [1.807, 2.05) is 13.0 Å². The molecule has 0 fully saturated rings. The number of amides is 2. The Kier molecular flexibility index (Phi) is 5.61. The van der Waals surface area contributed by atoms with Gasteiger partial charge in [0.1, 0.15) is 18.2 Å². The monoisotopic (exact) mass is 322 g/mol. The number of rotatable bonds is 5. The molecule has 0 aliphatic rings. The van der Waals surface area contributed by atoms with E-state index < -0.39 is 0 Å². The smallest absolute Gasteiger partial charge is 0.319 e. The molecular formula is C16H16ClFN2O2. The maximum atomic E-state index is 12.7. The highest BCUT2D eigenvalue weighted by Gasteiger charge is 2.03. The number of anilines is 1. The van der Waals surface area contributed by atoms with Crippen LogP contribution >= 0.6 is 11.6 Å². The molecule has 0 saturated heterocycles.